The molecule has 2 aliphatic heterocycles. The minimum Gasteiger partial charge on any atom is -0.478 e. The van der Waals surface area contributed by atoms with Crippen molar-refractivity contribution in [1.82, 2.24) is 15.5 Å². The van der Waals surface area contributed by atoms with Crippen molar-refractivity contribution in [1.29, 1.82) is 0 Å². The second-order valence-corrected chi connectivity index (χ2v) is 6.44. The van der Waals surface area contributed by atoms with Gasteiger partial charge in [0.2, 0.25) is 5.91 Å². The van der Waals surface area contributed by atoms with Crippen LogP contribution in [0.1, 0.15) is 6.42 Å². The van der Waals surface area contributed by atoms with E-state index >= 15 is 0 Å². The van der Waals surface area contributed by atoms with Crippen LogP contribution in [-0.2, 0) is 9.59 Å². The van der Waals surface area contributed by atoms with Crippen LogP contribution < -0.4 is 20.7 Å². The van der Waals surface area contributed by atoms with Gasteiger partial charge in [0.1, 0.15) is 11.8 Å². The van der Waals surface area contributed by atoms with Crippen LogP contribution >= 0.6 is 0 Å². The standard InChI is InChI=1S/C17H21F3N4O3/c18-17(19,20)14(24-7-5-21-6-8-24)10-22-15(25)9-13-16(26)23-11-3-1-2-4-12(11)27-13/h1-4,13-14,21H,5-10H2,(H,22,25)(H,23,26). The van der Waals surface area contributed by atoms with E-state index in [-0.39, 0.29) is 19.5 Å². The van der Waals surface area contributed by atoms with Crippen molar-refractivity contribution in [3.8, 4) is 5.75 Å². The Hall–Kier alpha value is -2.33. The maximum atomic E-state index is 13.3. The van der Waals surface area contributed by atoms with Gasteiger partial charge in [0.15, 0.2) is 6.10 Å². The summed E-state index contributed by atoms with van der Waals surface area (Å²) in [6.07, 6.45) is -5.89. The van der Waals surface area contributed by atoms with Gasteiger partial charge in [0.05, 0.1) is 12.1 Å². The maximum Gasteiger partial charge on any atom is 0.405 e. The summed E-state index contributed by atoms with van der Waals surface area (Å²) < 4.78 is 45.5. The van der Waals surface area contributed by atoms with Crippen LogP contribution in [-0.4, -0.2) is 67.8 Å². The number of amides is 2. The van der Waals surface area contributed by atoms with Crippen molar-refractivity contribution in [2.45, 2.75) is 24.7 Å². The molecule has 2 atom stereocenters. The zero-order chi connectivity index (χ0) is 19.4. The summed E-state index contributed by atoms with van der Waals surface area (Å²) >= 11 is 0. The first kappa shape index (κ1) is 19.4. The van der Waals surface area contributed by atoms with Crippen molar-refractivity contribution < 1.29 is 27.5 Å². The Bertz CT molecular complexity index is 692. The molecule has 7 nitrogen and oxygen atoms in total. The third kappa shape index (κ3) is 4.89. The lowest BCUT2D eigenvalue weighted by atomic mass is 10.1. The molecule has 0 aliphatic carbocycles. The lowest BCUT2D eigenvalue weighted by Crippen LogP contribution is -2.57. The van der Waals surface area contributed by atoms with Crippen LogP contribution in [0.3, 0.4) is 0 Å². The predicted molar refractivity (Wildman–Crippen MR) is 91.4 cm³/mol. The molecule has 2 aliphatic rings. The zero-order valence-electron chi connectivity index (χ0n) is 14.5. The molecule has 0 saturated carbocycles. The summed E-state index contributed by atoms with van der Waals surface area (Å²) in [6, 6.07) is 4.98. The van der Waals surface area contributed by atoms with Gasteiger partial charge in [0, 0.05) is 32.7 Å². The summed E-state index contributed by atoms with van der Waals surface area (Å²) in [5, 5.41) is 7.91. The van der Waals surface area contributed by atoms with Gasteiger partial charge < -0.3 is 20.7 Å². The van der Waals surface area contributed by atoms with E-state index in [4.69, 9.17) is 4.74 Å². The van der Waals surface area contributed by atoms with Crippen LogP contribution in [0.2, 0.25) is 0 Å². The van der Waals surface area contributed by atoms with Crippen molar-refractivity contribution in [2.75, 3.05) is 38.0 Å². The molecule has 3 rings (SSSR count). The van der Waals surface area contributed by atoms with Crippen molar-refractivity contribution >= 4 is 17.5 Å². The van der Waals surface area contributed by atoms with Crippen LogP contribution in [0.25, 0.3) is 0 Å². The fourth-order valence-corrected chi connectivity index (χ4v) is 3.12. The molecule has 2 unspecified atom stereocenters. The Morgan fingerprint density at radius 2 is 2.00 bits per heavy atom. The molecule has 0 bridgehead atoms. The number of nitrogens with one attached hydrogen (secondary N) is 3. The highest BCUT2D eigenvalue weighted by atomic mass is 19.4. The van der Waals surface area contributed by atoms with Gasteiger partial charge in [-0.3, -0.25) is 14.5 Å². The van der Waals surface area contributed by atoms with E-state index < -0.39 is 36.7 Å². The number of hydrogen-bond acceptors (Lipinski definition) is 5. The van der Waals surface area contributed by atoms with Crippen LogP contribution in [0, 0.1) is 0 Å². The molecule has 10 heteroatoms. The van der Waals surface area contributed by atoms with E-state index in [1.54, 1.807) is 24.3 Å². The zero-order valence-corrected chi connectivity index (χ0v) is 14.5. The van der Waals surface area contributed by atoms with Gasteiger partial charge in [-0.15, -0.1) is 0 Å². The smallest absolute Gasteiger partial charge is 0.405 e. The molecule has 1 fully saturated rings. The molecular formula is C17H21F3N4O3. The molecule has 0 spiro atoms. The third-order valence-electron chi connectivity index (χ3n) is 4.54. The molecular weight excluding hydrogens is 365 g/mol. The number of halogens is 3. The fourth-order valence-electron chi connectivity index (χ4n) is 3.12. The average molecular weight is 386 g/mol. The van der Waals surface area contributed by atoms with Gasteiger partial charge in [-0.25, -0.2) is 0 Å². The number of piperazine rings is 1. The summed E-state index contributed by atoms with van der Waals surface area (Å²) in [4.78, 5) is 25.4. The highest BCUT2D eigenvalue weighted by Crippen LogP contribution is 2.29. The SMILES string of the molecule is O=C(CC1Oc2ccccc2NC1=O)NCC(N1CCNCC1)C(F)(F)F. The summed E-state index contributed by atoms with van der Waals surface area (Å²) in [5.41, 5.74) is 0.495. The van der Waals surface area contributed by atoms with Crippen LogP contribution in [0.4, 0.5) is 18.9 Å². The Balaban J connectivity index is 1.56. The van der Waals surface area contributed by atoms with E-state index in [0.717, 1.165) is 0 Å². The van der Waals surface area contributed by atoms with Gasteiger partial charge in [-0.05, 0) is 12.1 Å². The van der Waals surface area contributed by atoms with E-state index in [0.29, 0.717) is 24.5 Å². The number of benzene rings is 1. The highest BCUT2D eigenvalue weighted by Gasteiger charge is 2.44. The predicted octanol–water partition coefficient (Wildman–Crippen LogP) is 0.728. The number of fused-ring (bicyclic) bond motifs is 1. The maximum absolute atomic E-state index is 13.3. The topological polar surface area (TPSA) is 82.7 Å². The Morgan fingerprint density at radius 3 is 2.70 bits per heavy atom. The summed E-state index contributed by atoms with van der Waals surface area (Å²) in [6.45, 7) is 0.884. The molecule has 1 saturated heterocycles. The van der Waals surface area contributed by atoms with Gasteiger partial charge in [-0.1, -0.05) is 12.1 Å². The number of anilines is 1. The van der Waals surface area contributed by atoms with E-state index in [1.165, 1.54) is 4.90 Å². The number of hydrogen-bond donors (Lipinski definition) is 3. The Labute approximate surface area is 154 Å². The minimum absolute atomic E-state index is 0.255. The monoisotopic (exact) mass is 386 g/mol. The van der Waals surface area contributed by atoms with Crippen LogP contribution in [0.15, 0.2) is 24.3 Å². The number of para-hydroxylation sites is 2. The fraction of sp³-hybridized carbons (Fsp3) is 0.529. The Kier molecular flexibility index (Phi) is 5.85. The lowest BCUT2D eigenvalue weighted by Gasteiger charge is -2.36. The molecule has 1 aromatic rings. The number of carbonyl (C=O) groups is 2. The average Bonchev–Trinajstić information content (AvgIpc) is 2.62. The van der Waals surface area contributed by atoms with E-state index in [2.05, 4.69) is 16.0 Å². The van der Waals surface area contributed by atoms with E-state index in [1.807, 2.05) is 0 Å². The number of nitrogens with zero attached hydrogens (tertiary/aromatic N) is 1. The third-order valence-corrected chi connectivity index (χ3v) is 4.54. The first-order chi connectivity index (χ1) is 12.8. The Morgan fingerprint density at radius 1 is 1.30 bits per heavy atom. The van der Waals surface area contributed by atoms with E-state index in [9.17, 15) is 22.8 Å². The van der Waals surface area contributed by atoms with Gasteiger partial charge in [0.25, 0.3) is 5.91 Å². The number of carbonyl (C=O) groups excluding carboxylic acids is 2. The first-order valence-electron chi connectivity index (χ1n) is 8.69. The summed E-state index contributed by atoms with van der Waals surface area (Å²) in [7, 11) is 0. The molecule has 2 amide bonds. The number of alkyl halides is 3. The molecule has 148 valence electrons. The second kappa shape index (κ2) is 8.13. The molecule has 2 heterocycles. The van der Waals surface area contributed by atoms with Crippen molar-refractivity contribution in [3.05, 3.63) is 24.3 Å². The van der Waals surface area contributed by atoms with Crippen molar-refractivity contribution in [2.24, 2.45) is 0 Å². The number of rotatable bonds is 5. The largest absolute Gasteiger partial charge is 0.478 e. The van der Waals surface area contributed by atoms with Gasteiger partial charge in [-0.2, -0.15) is 13.2 Å². The number of ether oxygens (including phenoxy) is 1. The second-order valence-electron chi connectivity index (χ2n) is 6.44. The normalized spacial score (nSPS) is 21.6. The lowest BCUT2D eigenvalue weighted by molar-refractivity contribution is -0.184. The first-order valence-corrected chi connectivity index (χ1v) is 8.69. The quantitative estimate of drug-likeness (QED) is 0.695. The molecule has 1 aromatic carbocycles. The highest BCUT2D eigenvalue weighted by molar-refractivity contribution is 5.99. The minimum atomic E-state index is -4.46. The van der Waals surface area contributed by atoms with Gasteiger partial charge >= 0.3 is 6.18 Å². The molecule has 0 radical (unpaired) electrons. The van der Waals surface area contributed by atoms with Crippen LogP contribution in [0.5, 0.6) is 5.75 Å². The van der Waals surface area contributed by atoms with Crippen molar-refractivity contribution in [3.63, 3.8) is 0 Å². The molecule has 3 N–H and O–H groups in total. The molecule has 0 aromatic heterocycles. The summed E-state index contributed by atoms with van der Waals surface area (Å²) in [5.74, 6) is -0.749. The molecule has 27 heavy (non-hydrogen) atoms.